The fraction of sp³-hybridized carbons (Fsp3) is 0.471. The molecule has 4 aromatic rings. The highest BCUT2D eigenvalue weighted by molar-refractivity contribution is 7.13. The first kappa shape index (κ1) is 32.3. The normalized spacial score (nSPS) is 14.4. The van der Waals surface area contributed by atoms with Crippen LogP contribution in [0.2, 0.25) is 0 Å². The fourth-order valence-corrected chi connectivity index (χ4v) is 6.15. The van der Waals surface area contributed by atoms with E-state index in [1.165, 1.54) is 11.3 Å². The molecule has 0 spiro atoms. The highest BCUT2D eigenvalue weighted by atomic mass is 32.1. The average Bonchev–Trinajstić information content (AvgIpc) is 3.67. The zero-order chi connectivity index (χ0) is 32.4. The van der Waals surface area contributed by atoms with Gasteiger partial charge in [-0.3, -0.25) is 9.48 Å². The second-order valence-corrected chi connectivity index (χ2v) is 14.7. The molecule has 0 atom stereocenters. The predicted molar refractivity (Wildman–Crippen MR) is 177 cm³/mol. The van der Waals surface area contributed by atoms with Gasteiger partial charge in [-0.1, -0.05) is 32.9 Å². The Morgan fingerprint density at radius 2 is 1.80 bits per heavy atom. The number of piperidine rings is 1. The Hall–Kier alpha value is -4.12. The molecule has 1 aromatic carbocycles. The summed E-state index contributed by atoms with van der Waals surface area (Å²) >= 11 is 1.50. The van der Waals surface area contributed by atoms with Crippen LogP contribution in [0.25, 0.3) is 11.3 Å². The van der Waals surface area contributed by atoms with E-state index in [0.29, 0.717) is 31.9 Å². The summed E-state index contributed by atoms with van der Waals surface area (Å²) in [5.41, 5.74) is 4.29. The molecule has 3 aromatic heterocycles. The van der Waals surface area contributed by atoms with Crippen molar-refractivity contribution in [3.8, 4) is 11.3 Å². The number of ketones is 1. The maximum atomic E-state index is 12.8. The summed E-state index contributed by atoms with van der Waals surface area (Å²) in [5.74, 6) is 0.617. The Kier molecular flexibility index (Phi) is 9.38. The third-order valence-electron chi connectivity index (χ3n) is 7.69. The first-order valence-corrected chi connectivity index (χ1v) is 16.3. The van der Waals surface area contributed by atoms with E-state index < -0.39 is 5.60 Å². The molecular weight excluding hydrogens is 586 g/mol. The quantitative estimate of drug-likeness (QED) is 0.199. The van der Waals surface area contributed by atoms with Crippen LogP contribution in [0, 0.1) is 6.92 Å². The minimum Gasteiger partial charge on any atom is -0.444 e. The van der Waals surface area contributed by atoms with Gasteiger partial charge in [0.1, 0.15) is 5.60 Å². The molecule has 5 rings (SSSR count). The number of hydrogen-bond donors (Lipinski definition) is 1. The lowest BCUT2D eigenvalue weighted by molar-refractivity contribution is 0.0184. The number of nitrogens with zero attached hydrogens (tertiary/aromatic N) is 6. The molecule has 238 valence electrons. The monoisotopic (exact) mass is 629 g/mol. The van der Waals surface area contributed by atoms with E-state index in [1.54, 1.807) is 23.5 Å². The number of benzene rings is 1. The topological polar surface area (TPSA) is 115 Å². The minimum absolute atomic E-state index is 0.0578. The lowest BCUT2D eigenvalue weighted by Crippen LogP contribution is -2.42. The van der Waals surface area contributed by atoms with Crippen molar-refractivity contribution in [2.75, 3.05) is 18.4 Å². The number of thiazole rings is 1. The molecule has 1 aliphatic heterocycles. The van der Waals surface area contributed by atoms with Gasteiger partial charge in [-0.25, -0.2) is 19.7 Å². The zero-order valence-corrected chi connectivity index (χ0v) is 28.1. The number of Topliss-reactive ketones (excluding diaryl/α,β-unsaturated/α-hetero) is 1. The minimum atomic E-state index is -0.501. The van der Waals surface area contributed by atoms with Crippen LogP contribution in [-0.2, 0) is 16.6 Å². The summed E-state index contributed by atoms with van der Waals surface area (Å²) < 4.78 is 7.46. The molecule has 1 aliphatic rings. The van der Waals surface area contributed by atoms with Crippen molar-refractivity contribution in [3.63, 3.8) is 0 Å². The number of carbonyl (C=O) groups excluding carboxylic acids is 2. The number of aryl methyl sites for hydroxylation is 2. The summed E-state index contributed by atoms with van der Waals surface area (Å²) in [6.45, 7) is 15.3. The number of anilines is 2. The first-order valence-electron chi connectivity index (χ1n) is 15.5. The van der Waals surface area contributed by atoms with Crippen LogP contribution in [0.15, 0.2) is 49.1 Å². The van der Waals surface area contributed by atoms with Crippen LogP contribution >= 0.6 is 11.3 Å². The van der Waals surface area contributed by atoms with Crippen LogP contribution in [0.4, 0.5) is 16.4 Å². The van der Waals surface area contributed by atoms with Crippen molar-refractivity contribution in [2.45, 2.75) is 91.2 Å². The first-order chi connectivity index (χ1) is 21.2. The number of ether oxygens (including phenoxy) is 1. The van der Waals surface area contributed by atoms with Gasteiger partial charge in [0.05, 0.1) is 33.5 Å². The van der Waals surface area contributed by atoms with Gasteiger partial charge < -0.3 is 15.0 Å². The Bertz CT molecular complexity index is 1660. The van der Waals surface area contributed by atoms with Crippen molar-refractivity contribution in [3.05, 3.63) is 70.1 Å². The number of aromatic nitrogens is 5. The van der Waals surface area contributed by atoms with Crippen LogP contribution in [0.1, 0.15) is 92.7 Å². The summed E-state index contributed by atoms with van der Waals surface area (Å²) in [5, 5.41) is 8.83. The highest BCUT2D eigenvalue weighted by Crippen LogP contribution is 2.29. The Labute approximate surface area is 269 Å². The fourth-order valence-electron chi connectivity index (χ4n) is 5.21. The SMILES string of the molecule is Cc1cc(-c2ccnc(Nc3cnn(C4CCN(C(=O)OC(C)(C)C)CC4)c3)n2)ccc1CCC(=O)c1cnc(C(C)(C)C)s1. The van der Waals surface area contributed by atoms with Crippen molar-refractivity contribution in [1.82, 2.24) is 29.6 Å². The Morgan fingerprint density at radius 1 is 1.04 bits per heavy atom. The van der Waals surface area contributed by atoms with E-state index in [4.69, 9.17) is 9.72 Å². The summed E-state index contributed by atoms with van der Waals surface area (Å²) in [6.07, 6.45) is 9.66. The van der Waals surface area contributed by atoms with Crippen molar-refractivity contribution in [2.24, 2.45) is 0 Å². The lowest BCUT2D eigenvalue weighted by Gasteiger charge is -2.33. The van der Waals surface area contributed by atoms with E-state index >= 15 is 0 Å². The standard InChI is InChI=1S/C34H43N7O3S/c1-22-18-24(9-8-23(22)10-11-28(42)29-20-36-30(45-29)33(2,3)4)27-12-15-35-31(39-27)38-25-19-37-41(21-25)26-13-16-40(17-14-26)32(43)44-34(5,6)7/h8-9,12,15,18-21,26H,10-11,13-14,16-17H2,1-7H3,(H,35,38,39). The van der Waals surface area contributed by atoms with Crippen molar-refractivity contribution < 1.29 is 14.3 Å². The second-order valence-electron chi connectivity index (χ2n) is 13.6. The molecule has 11 heteroatoms. The molecule has 10 nitrogen and oxygen atoms in total. The summed E-state index contributed by atoms with van der Waals surface area (Å²) in [6, 6.07) is 8.33. The third kappa shape index (κ3) is 8.33. The molecule has 1 N–H and O–H groups in total. The van der Waals surface area contributed by atoms with Crippen molar-refractivity contribution in [1.29, 1.82) is 0 Å². The maximum absolute atomic E-state index is 12.8. The molecule has 0 saturated carbocycles. The van der Waals surface area contributed by atoms with Crippen LogP contribution in [0.5, 0.6) is 0 Å². The molecule has 4 heterocycles. The van der Waals surface area contributed by atoms with Gasteiger partial charge in [-0.15, -0.1) is 11.3 Å². The zero-order valence-electron chi connectivity index (χ0n) is 27.3. The highest BCUT2D eigenvalue weighted by Gasteiger charge is 2.28. The smallest absolute Gasteiger partial charge is 0.410 e. The summed E-state index contributed by atoms with van der Waals surface area (Å²) in [4.78, 5) is 41.4. The second kappa shape index (κ2) is 13.1. The molecule has 0 unspecified atom stereocenters. The molecule has 45 heavy (non-hydrogen) atoms. The molecule has 1 fully saturated rings. The van der Waals surface area contributed by atoms with E-state index in [1.807, 2.05) is 43.8 Å². The van der Waals surface area contributed by atoms with Crippen LogP contribution in [0.3, 0.4) is 0 Å². The van der Waals surface area contributed by atoms with Gasteiger partial charge >= 0.3 is 6.09 Å². The van der Waals surface area contributed by atoms with E-state index in [-0.39, 0.29) is 23.3 Å². The molecule has 1 amide bonds. The number of amides is 1. The number of carbonyl (C=O) groups is 2. The van der Waals surface area contributed by atoms with Crippen LogP contribution < -0.4 is 5.32 Å². The van der Waals surface area contributed by atoms with Crippen LogP contribution in [-0.4, -0.2) is 60.2 Å². The average molecular weight is 630 g/mol. The molecule has 0 aliphatic carbocycles. The van der Waals surface area contributed by atoms with Gasteiger partial charge in [0.2, 0.25) is 5.95 Å². The van der Waals surface area contributed by atoms with Gasteiger partial charge in [-0.05, 0) is 70.2 Å². The number of likely N-dealkylation sites (tertiary alicyclic amines) is 1. The number of rotatable bonds is 8. The van der Waals surface area contributed by atoms with Gasteiger partial charge in [-0.2, -0.15) is 5.10 Å². The van der Waals surface area contributed by atoms with Crippen molar-refractivity contribution >= 4 is 34.8 Å². The number of hydrogen-bond acceptors (Lipinski definition) is 9. The van der Waals surface area contributed by atoms with E-state index in [9.17, 15) is 9.59 Å². The summed E-state index contributed by atoms with van der Waals surface area (Å²) in [7, 11) is 0. The predicted octanol–water partition coefficient (Wildman–Crippen LogP) is 7.53. The Balaban J connectivity index is 1.17. The maximum Gasteiger partial charge on any atom is 0.410 e. The van der Waals surface area contributed by atoms with Gasteiger partial charge in [0, 0.05) is 49.1 Å². The number of nitrogens with one attached hydrogen (secondary N) is 1. The van der Waals surface area contributed by atoms with E-state index in [0.717, 1.165) is 50.8 Å². The lowest BCUT2D eigenvalue weighted by atomic mass is 9.98. The largest absolute Gasteiger partial charge is 0.444 e. The third-order valence-corrected chi connectivity index (χ3v) is 9.15. The van der Waals surface area contributed by atoms with Gasteiger partial charge in [0.25, 0.3) is 0 Å². The molecule has 0 bridgehead atoms. The molecular formula is C34H43N7O3S. The van der Waals surface area contributed by atoms with E-state index in [2.05, 4.69) is 60.2 Å². The molecule has 0 radical (unpaired) electrons. The Morgan fingerprint density at radius 3 is 2.47 bits per heavy atom. The molecule has 1 saturated heterocycles. The van der Waals surface area contributed by atoms with Gasteiger partial charge in [0.15, 0.2) is 5.78 Å².